The van der Waals surface area contributed by atoms with Crippen LogP contribution in [0.5, 0.6) is 0 Å². The molecule has 2 rings (SSSR count). The maximum Gasteiger partial charge on any atom is 0.414 e. The van der Waals surface area contributed by atoms with E-state index >= 15 is 0 Å². The Kier molecular flexibility index (Phi) is 3.64. The predicted molar refractivity (Wildman–Crippen MR) is 67.1 cm³/mol. The molecule has 0 saturated heterocycles. The highest BCUT2D eigenvalue weighted by Gasteiger charge is 2.24. The fourth-order valence-electron chi connectivity index (χ4n) is 2.02. The number of carbonyl (C=O) groups is 1. The molecule has 1 atom stereocenters. The van der Waals surface area contributed by atoms with Crippen molar-refractivity contribution in [3.63, 3.8) is 0 Å². The highest BCUT2D eigenvalue weighted by Crippen LogP contribution is 2.23. The van der Waals surface area contributed by atoms with Gasteiger partial charge in [0, 0.05) is 19.1 Å². The van der Waals surface area contributed by atoms with E-state index in [0.29, 0.717) is 13.2 Å². The number of ether oxygens (including phenoxy) is 1. The van der Waals surface area contributed by atoms with Crippen LogP contribution < -0.4 is 10.2 Å². The van der Waals surface area contributed by atoms with Gasteiger partial charge in [0.2, 0.25) is 0 Å². The Hall–Kier alpha value is -1.55. The molecular formula is C13H18N2O2. The molecule has 0 spiro atoms. The zero-order chi connectivity index (χ0) is 12.3. The summed E-state index contributed by atoms with van der Waals surface area (Å²) < 4.78 is 5.10. The minimum absolute atomic E-state index is 0.256. The molecule has 0 aromatic heterocycles. The van der Waals surface area contributed by atoms with Crippen LogP contribution in [0.25, 0.3) is 0 Å². The van der Waals surface area contributed by atoms with Crippen LogP contribution in [-0.2, 0) is 11.3 Å². The monoisotopic (exact) mass is 234 g/mol. The number of hydrogen-bond donors (Lipinski definition) is 1. The van der Waals surface area contributed by atoms with Crippen LogP contribution in [0.2, 0.25) is 0 Å². The van der Waals surface area contributed by atoms with E-state index in [1.54, 1.807) is 4.90 Å². The van der Waals surface area contributed by atoms with E-state index in [-0.39, 0.29) is 12.1 Å². The molecule has 1 heterocycles. The molecule has 0 aliphatic carbocycles. The normalized spacial score (nSPS) is 19.4. The van der Waals surface area contributed by atoms with E-state index in [1.807, 2.05) is 31.2 Å². The molecule has 1 aliphatic rings. The minimum atomic E-state index is -0.268. The topological polar surface area (TPSA) is 41.6 Å². The van der Waals surface area contributed by atoms with Crippen molar-refractivity contribution in [2.24, 2.45) is 0 Å². The van der Waals surface area contributed by atoms with Crippen molar-refractivity contribution in [2.75, 3.05) is 18.1 Å². The van der Waals surface area contributed by atoms with E-state index in [0.717, 1.165) is 17.8 Å². The van der Waals surface area contributed by atoms with Crippen LogP contribution in [-0.4, -0.2) is 25.3 Å². The Morgan fingerprint density at radius 1 is 1.53 bits per heavy atom. The lowest BCUT2D eigenvalue weighted by atomic mass is 10.1. The highest BCUT2D eigenvalue weighted by atomic mass is 16.6. The van der Waals surface area contributed by atoms with Gasteiger partial charge in [-0.3, -0.25) is 4.90 Å². The Bertz CT molecular complexity index is 406. The second-order valence-corrected chi connectivity index (χ2v) is 4.22. The fourth-order valence-corrected chi connectivity index (χ4v) is 2.02. The van der Waals surface area contributed by atoms with Gasteiger partial charge >= 0.3 is 6.09 Å². The number of carbonyl (C=O) groups excluding carboxylic acids is 1. The third kappa shape index (κ3) is 2.58. The quantitative estimate of drug-likeness (QED) is 0.809. The maximum atomic E-state index is 11.9. The minimum Gasteiger partial charge on any atom is -0.449 e. The summed E-state index contributed by atoms with van der Waals surface area (Å²) >= 11 is 0. The van der Waals surface area contributed by atoms with Crippen LogP contribution in [0.1, 0.15) is 19.4 Å². The summed E-state index contributed by atoms with van der Waals surface area (Å²) in [5.74, 6) is 0. The van der Waals surface area contributed by atoms with Gasteiger partial charge in [-0.05, 0) is 25.5 Å². The van der Waals surface area contributed by atoms with Gasteiger partial charge in [0.05, 0.1) is 12.3 Å². The van der Waals surface area contributed by atoms with Crippen LogP contribution >= 0.6 is 0 Å². The molecule has 0 bridgehead atoms. The number of amides is 1. The van der Waals surface area contributed by atoms with Gasteiger partial charge in [-0.1, -0.05) is 18.2 Å². The average molecular weight is 234 g/mol. The second-order valence-electron chi connectivity index (χ2n) is 4.22. The van der Waals surface area contributed by atoms with Crippen molar-refractivity contribution in [1.82, 2.24) is 5.32 Å². The van der Waals surface area contributed by atoms with Crippen LogP contribution in [0.15, 0.2) is 24.3 Å². The first kappa shape index (κ1) is 11.9. The number of rotatable bonds is 1. The fraction of sp³-hybridized carbons (Fsp3) is 0.462. The predicted octanol–water partition coefficient (Wildman–Crippen LogP) is 2.14. The maximum absolute atomic E-state index is 11.9. The first-order chi connectivity index (χ1) is 8.22. The molecule has 4 heteroatoms. The zero-order valence-electron chi connectivity index (χ0n) is 10.3. The van der Waals surface area contributed by atoms with Crippen LogP contribution in [0, 0.1) is 0 Å². The summed E-state index contributed by atoms with van der Waals surface area (Å²) in [6.07, 6.45) is -0.268. The van der Waals surface area contributed by atoms with Crippen LogP contribution in [0.4, 0.5) is 10.5 Å². The molecule has 1 aromatic carbocycles. The first-order valence-corrected chi connectivity index (χ1v) is 5.98. The van der Waals surface area contributed by atoms with Gasteiger partial charge in [0.25, 0.3) is 0 Å². The molecule has 1 aromatic rings. The molecule has 1 unspecified atom stereocenters. The largest absolute Gasteiger partial charge is 0.449 e. The molecule has 17 heavy (non-hydrogen) atoms. The zero-order valence-corrected chi connectivity index (χ0v) is 10.3. The summed E-state index contributed by atoms with van der Waals surface area (Å²) in [4.78, 5) is 13.6. The molecular weight excluding hydrogens is 216 g/mol. The van der Waals surface area contributed by atoms with Crippen molar-refractivity contribution < 1.29 is 9.53 Å². The third-order valence-electron chi connectivity index (χ3n) is 2.87. The Labute approximate surface area is 102 Å². The summed E-state index contributed by atoms with van der Waals surface area (Å²) in [5.41, 5.74) is 2.08. The highest BCUT2D eigenvalue weighted by molar-refractivity contribution is 5.89. The second kappa shape index (κ2) is 5.19. The van der Waals surface area contributed by atoms with Crippen LogP contribution in [0.3, 0.4) is 0 Å². The summed E-state index contributed by atoms with van der Waals surface area (Å²) in [7, 11) is 0. The standard InChI is InChI=1S/C13H18N2O2/c1-3-17-13(16)15-9-10(2)14-8-11-6-4-5-7-12(11)15/h4-7,10,14H,3,8-9H2,1-2H3. The SMILES string of the molecule is CCOC(=O)N1CC(C)NCc2ccccc21. The van der Waals surface area contributed by atoms with E-state index < -0.39 is 0 Å². The van der Waals surface area contributed by atoms with Crippen molar-refractivity contribution >= 4 is 11.8 Å². The Morgan fingerprint density at radius 2 is 2.29 bits per heavy atom. The molecule has 1 aliphatic heterocycles. The lowest BCUT2D eigenvalue weighted by Crippen LogP contribution is -2.40. The third-order valence-corrected chi connectivity index (χ3v) is 2.87. The molecule has 0 saturated carbocycles. The number of benzene rings is 1. The number of fused-ring (bicyclic) bond motifs is 1. The Morgan fingerprint density at radius 3 is 3.06 bits per heavy atom. The number of hydrogen-bond acceptors (Lipinski definition) is 3. The molecule has 4 nitrogen and oxygen atoms in total. The summed E-state index contributed by atoms with van der Waals surface area (Å²) in [5, 5.41) is 3.38. The number of nitrogens with zero attached hydrogens (tertiary/aromatic N) is 1. The van der Waals surface area contributed by atoms with E-state index in [2.05, 4.69) is 12.2 Å². The Balaban J connectivity index is 2.32. The van der Waals surface area contributed by atoms with Crippen molar-refractivity contribution in [3.8, 4) is 0 Å². The van der Waals surface area contributed by atoms with Gasteiger partial charge in [-0.15, -0.1) is 0 Å². The molecule has 92 valence electrons. The van der Waals surface area contributed by atoms with Gasteiger partial charge in [-0.25, -0.2) is 4.79 Å². The van der Waals surface area contributed by atoms with Crippen molar-refractivity contribution in [2.45, 2.75) is 26.4 Å². The average Bonchev–Trinajstić information content (AvgIpc) is 2.50. The molecule has 1 N–H and O–H groups in total. The molecule has 1 amide bonds. The smallest absolute Gasteiger partial charge is 0.414 e. The van der Waals surface area contributed by atoms with Crippen molar-refractivity contribution in [1.29, 1.82) is 0 Å². The first-order valence-electron chi connectivity index (χ1n) is 5.98. The van der Waals surface area contributed by atoms with E-state index in [9.17, 15) is 4.79 Å². The summed E-state index contributed by atoms with van der Waals surface area (Å²) in [6.45, 7) is 5.71. The summed E-state index contributed by atoms with van der Waals surface area (Å²) in [6, 6.07) is 8.19. The van der Waals surface area contributed by atoms with E-state index in [1.165, 1.54) is 0 Å². The lowest BCUT2D eigenvalue weighted by molar-refractivity contribution is 0.159. The van der Waals surface area contributed by atoms with Gasteiger partial charge in [0.1, 0.15) is 0 Å². The number of para-hydroxylation sites is 1. The lowest BCUT2D eigenvalue weighted by Gasteiger charge is -2.23. The van der Waals surface area contributed by atoms with Crippen molar-refractivity contribution in [3.05, 3.63) is 29.8 Å². The number of nitrogens with one attached hydrogen (secondary N) is 1. The van der Waals surface area contributed by atoms with Gasteiger partial charge in [-0.2, -0.15) is 0 Å². The number of anilines is 1. The van der Waals surface area contributed by atoms with E-state index in [4.69, 9.17) is 4.74 Å². The van der Waals surface area contributed by atoms with Gasteiger partial charge < -0.3 is 10.1 Å². The van der Waals surface area contributed by atoms with Gasteiger partial charge in [0.15, 0.2) is 0 Å². The molecule has 0 fully saturated rings. The molecule has 0 radical (unpaired) electrons.